The number of nitrogens with zero attached hydrogens (tertiary/aromatic N) is 3. The zero-order valence-corrected chi connectivity index (χ0v) is 12.0. The summed E-state index contributed by atoms with van der Waals surface area (Å²) < 4.78 is 6.50. The van der Waals surface area contributed by atoms with Crippen molar-refractivity contribution < 1.29 is 4.74 Å². The maximum atomic E-state index is 12.0. The maximum Gasteiger partial charge on any atom is 0.272 e. The molecule has 0 saturated heterocycles. The topological polar surface area (TPSA) is 95.2 Å². The second-order valence-electron chi connectivity index (χ2n) is 4.69. The molecule has 22 heavy (non-hydrogen) atoms. The molecule has 0 spiro atoms. The molecule has 0 saturated carbocycles. The number of anilines is 2. The first-order chi connectivity index (χ1) is 10.6. The first kappa shape index (κ1) is 13.7. The van der Waals surface area contributed by atoms with Crippen LogP contribution in [0.3, 0.4) is 0 Å². The van der Waals surface area contributed by atoms with E-state index in [9.17, 15) is 10.1 Å². The molecule has 0 amide bonds. The number of aromatic amines is 1. The SMILES string of the molecule is COc1ccccc1Nc1[nH]n2c(=O)cc(C)nc2c1C#N. The summed E-state index contributed by atoms with van der Waals surface area (Å²) in [6, 6.07) is 10.8. The van der Waals surface area contributed by atoms with Gasteiger partial charge in [0.2, 0.25) is 0 Å². The third-order valence-corrected chi connectivity index (χ3v) is 3.22. The second kappa shape index (κ2) is 5.26. The van der Waals surface area contributed by atoms with Gasteiger partial charge in [-0.2, -0.15) is 9.78 Å². The van der Waals surface area contributed by atoms with Crippen LogP contribution in [0.5, 0.6) is 5.75 Å². The van der Waals surface area contributed by atoms with Crippen molar-refractivity contribution in [3.8, 4) is 11.8 Å². The van der Waals surface area contributed by atoms with E-state index in [1.807, 2.05) is 18.2 Å². The van der Waals surface area contributed by atoms with Gasteiger partial charge in [-0.05, 0) is 19.1 Å². The summed E-state index contributed by atoms with van der Waals surface area (Å²) in [5.74, 6) is 1.02. The quantitative estimate of drug-likeness (QED) is 0.770. The molecule has 110 valence electrons. The van der Waals surface area contributed by atoms with Crippen LogP contribution in [0.15, 0.2) is 35.1 Å². The van der Waals surface area contributed by atoms with Crippen LogP contribution in [0, 0.1) is 18.3 Å². The number of ether oxygens (including phenoxy) is 1. The van der Waals surface area contributed by atoms with Crippen molar-refractivity contribution in [2.45, 2.75) is 6.92 Å². The Labute approximate surface area is 125 Å². The Hall–Kier alpha value is -3.27. The molecule has 0 aliphatic heterocycles. The van der Waals surface area contributed by atoms with Gasteiger partial charge in [0.25, 0.3) is 5.56 Å². The van der Waals surface area contributed by atoms with Crippen molar-refractivity contribution in [3.63, 3.8) is 0 Å². The number of rotatable bonds is 3. The summed E-state index contributed by atoms with van der Waals surface area (Å²) in [6.45, 7) is 1.71. The van der Waals surface area contributed by atoms with E-state index in [1.54, 1.807) is 20.1 Å². The van der Waals surface area contributed by atoms with Crippen molar-refractivity contribution in [1.82, 2.24) is 14.6 Å². The number of methoxy groups -OCH3 is 1. The van der Waals surface area contributed by atoms with E-state index in [1.165, 1.54) is 10.6 Å². The highest BCUT2D eigenvalue weighted by atomic mass is 16.5. The lowest BCUT2D eigenvalue weighted by Gasteiger charge is -2.09. The van der Waals surface area contributed by atoms with Crippen molar-refractivity contribution in [2.75, 3.05) is 12.4 Å². The number of fused-ring (bicyclic) bond motifs is 1. The standard InChI is InChI=1S/C15H13N5O2/c1-9-7-13(21)20-15(17-9)10(8-16)14(19-20)18-11-5-3-4-6-12(11)22-2/h3-7,18-19H,1-2H3. The van der Waals surface area contributed by atoms with Crippen LogP contribution < -0.4 is 15.6 Å². The Balaban J connectivity index is 2.18. The summed E-state index contributed by atoms with van der Waals surface area (Å²) in [5, 5.41) is 15.3. The van der Waals surface area contributed by atoms with Gasteiger partial charge in [0.15, 0.2) is 5.65 Å². The van der Waals surface area contributed by atoms with Crippen molar-refractivity contribution in [3.05, 3.63) is 51.9 Å². The third kappa shape index (κ3) is 2.16. The van der Waals surface area contributed by atoms with E-state index in [0.29, 0.717) is 28.6 Å². The molecule has 7 nitrogen and oxygen atoms in total. The van der Waals surface area contributed by atoms with Gasteiger partial charge in [-0.3, -0.25) is 9.89 Å². The van der Waals surface area contributed by atoms with E-state index in [0.717, 1.165) is 0 Å². The summed E-state index contributed by atoms with van der Waals surface area (Å²) in [6.07, 6.45) is 0. The molecule has 2 aromatic heterocycles. The number of nitrogens with one attached hydrogen (secondary N) is 2. The summed E-state index contributed by atoms with van der Waals surface area (Å²) in [5.41, 5.74) is 1.53. The number of aryl methyl sites for hydroxylation is 1. The number of aromatic nitrogens is 3. The average molecular weight is 295 g/mol. The molecule has 0 radical (unpaired) electrons. The molecule has 7 heteroatoms. The van der Waals surface area contributed by atoms with E-state index in [2.05, 4.69) is 21.5 Å². The van der Waals surface area contributed by atoms with Gasteiger partial charge in [0, 0.05) is 11.8 Å². The number of hydrogen-bond donors (Lipinski definition) is 2. The lowest BCUT2D eigenvalue weighted by atomic mass is 10.2. The molecule has 0 fully saturated rings. The third-order valence-electron chi connectivity index (χ3n) is 3.22. The predicted molar refractivity (Wildman–Crippen MR) is 81.5 cm³/mol. The molecule has 0 aliphatic carbocycles. The molecular formula is C15H13N5O2. The Morgan fingerprint density at radius 2 is 2.18 bits per heavy atom. The van der Waals surface area contributed by atoms with Gasteiger partial charge < -0.3 is 10.1 Å². The summed E-state index contributed by atoms with van der Waals surface area (Å²) in [7, 11) is 1.56. The first-order valence-electron chi connectivity index (χ1n) is 6.56. The zero-order chi connectivity index (χ0) is 15.7. The highest BCUT2D eigenvalue weighted by Gasteiger charge is 2.15. The molecule has 0 bridgehead atoms. The van der Waals surface area contributed by atoms with E-state index < -0.39 is 0 Å². The molecule has 1 aromatic carbocycles. The van der Waals surface area contributed by atoms with Crippen molar-refractivity contribution in [1.29, 1.82) is 5.26 Å². The van der Waals surface area contributed by atoms with Gasteiger partial charge in [-0.25, -0.2) is 4.98 Å². The molecule has 2 heterocycles. The van der Waals surface area contributed by atoms with Crippen LogP contribution in [-0.4, -0.2) is 21.7 Å². The Kier molecular flexibility index (Phi) is 3.27. The van der Waals surface area contributed by atoms with Crippen LogP contribution in [0.1, 0.15) is 11.3 Å². The normalized spacial score (nSPS) is 10.4. The fourth-order valence-electron chi connectivity index (χ4n) is 2.23. The Morgan fingerprint density at radius 1 is 1.41 bits per heavy atom. The lowest BCUT2D eigenvalue weighted by Crippen LogP contribution is -2.14. The van der Waals surface area contributed by atoms with E-state index >= 15 is 0 Å². The first-order valence-corrected chi connectivity index (χ1v) is 6.56. The molecular weight excluding hydrogens is 282 g/mol. The minimum Gasteiger partial charge on any atom is -0.495 e. The highest BCUT2D eigenvalue weighted by Crippen LogP contribution is 2.28. The van der Waals surface area contributed by atoms with Crippen LogP contribution in [0.4, 0.5) is 11.5 Å². The van der Waals surface area contributed by atoms with E-state index in [4.69, 9.17) is 4.74 Å². The smallest absolute Gasteiger partial charge is 0.272 e. The maximum absolute atomic E-state index is 12.0. The van der Waals surface area contributed by atoms with Crippen LogP contribution in [0.25, 0.3) is 5.65 Å². The van der Waals surface area contributed by atoms with Gasteiger partial charge in [0.1, 0.15) is 23.2 Å². The second-order valence-corrected chi connectivity index (χ2v) is 4.69. The Morgan fingerprint density at radius 3 is 2.91 bits per heavy atom. The number of hydrogen-bond acceptors (Lipinski definition) is 5. The fourth-order valence-corrected chi connectivity index (χ4v) is 2.23. The predicted octanol–water partition coefficient (Wildman–Crippen LogP) is 1.95. The van der Waals surface area contributed by atoms with Gasteiger partial charge in [-0.15, -0.1) is 0 Å². The molecule has 0 unspecified atom stereocenters. The fraction of sp³-hybridized carbons (Fsp3) is 0.133. The molecule has 0 atom stereocenters. The van der Waals surface area contributed by atoms with E-state index in [-0.39, 0.29) is 11.1 Å². The van der Waals surface area contributed by atoms with Gasteiger partial charge >= 0.3 is 0 Å². The number of nitriles is 1. The molecule has 3 aromatic rings. The lowest BCUT2D eigenvalue weighted by molar-refractivity contribution is 0.417. The Bertz CT molecular complexity index is 949. The van der Waals surface area contributed by atoms with Crippen molar-refractivity contribution >= 4 is 17.2 Å². The minimum atomic E-state index is -0.271. The van der Waals surface area contributed by atoms with Gasteiger partial charge in [-0.1, -0.05) is 12.1 Å². The highest BCUT2D eigenvalue weighted by molar-refractivity contribution is 5.74. The number of benzene rings is 1. The minimum absolute atomic E-state index is 0.270. The number of para-hydroxylation sites is 2. The van der Waals surface area contributed by atoms with Crippen LogP contribution in [0.2, 0.25) is 0 Å². The average Bonchev–Trinajstić information content (AvgIpc) is 2.85. The largest absolute Gasteiger partial charge is 0.495 e. The zero-order valence-electron chi connectivity index (χ0n) is 12.0. The van der Waals surface area contributed by atoms with Gasteiger partial charge in [0.05, 0.1) is 12.8 Å². The summed E-state index contributed by atoms with van der Waals surface area (Å²) in [4.78, 5) is 16.2. The molecule has 2 N–H and O–H groups in total. The summed E-state index contributed by atoms with van der Waals surface area (Å²) >= 11 is 0. The molecule has 0 aliphatic rings. The van der Waals surface area contributed by atoms with Crippen molar-refractivity contribution in [2.24, 2.45) is 0 Å². The van der Waals surface area contributed by atoms with Crippen LogP contribution >= 0.6 is 0 Å². The monoisotopic (exact) mass is 295 g/mol. The number of H-pyrrole nitrogens is 1. The molecule has 3 rings (SSSR count). The van der Waals surface area contributed by atoms with Crippen LogP contribution in [-0.2, 0) is 0 Å².